The molecule has 1 saturated heterocycles. The first-order chi connectivity index (χ1) is 16.3. The quantitative estimate of drug-likeness (QED) is 0.702. The molecule has 8 heteroatoms. The zero-order valence-corrected chi connectivity index (χ0v) is 19.7. The van der Waals surface area contributed by atoms with E-state index in [-0.39, 0.29) is 54.9 Å². The zero-order chi connectivity index (χ0) is 24.2. The molecular formula is C26H31N3O5. The Morgan fingerprint density at radius 2 is 1.82 bits per heavy atom. The van der Waals surface area contributed by atoms with Crippen molar-refractivity contribution in [2.75, 3.05) is 24.3 Å². The van der Waals surface area contributed by atoms with Gasteiger partial charge in [-0.05, 0) is 43.2 Å². The molecule has 3 amide bonds. The number of likely N-dealkylation sites (N-methyl/N-ethyl adjacent to an activating group) is 1. The van der Waals surface area contributed by atoms with Crippen LogP contribution in [0, 0.1) is 5.92 Å². The fraction of sp³-hybridized carbons (Fsp3) is 0.423. The van der Waals surface area contributed by atoms with E-state index in [0.29, 0.717) is 29.8 Å². The van der Waals surface area contributed by atoms with Gasteiger partial charge in [0.2, 0.25) is 11.8 Å². The van der Waals surface area contributed by atoms with Crippen molar-refractivity contribution in [2.45, 2.75) is 51.4 Å². The maximum Gasteiger partial charge on any atom is 0.257 e. The number of hydrogen-bond donors (Lipinski definition) is 2. The highest BCUT2D eigenvalue weighted by Crippen LogP contribution is 2.32. The fourth-order valence-corrected chi connectivity index (χ4v) is 4.33. The van der Waals surface area contributed by atoms with Crippen LogP contribution in [-0.4, -0.2) is 54.5 Å². The van der Waals surface area contributed by atoms with Gasteiger partial charge in [0.1, 0.15) is 18.5 Å². The summed E-state index contributed by atoms with van der Waals surface area (Å²) in [5.41, 5.74) is 1.72. The van der Waals surface area contributed by atoms with Gasteiger partial charge in [0.15, 0.2) is 0 Å². The SMILES string of the molecule is CC(C)C(=O)Nc1ccc2c(c1)C(=O)N(C)[C@H]1CC[C@H](CC(=O)Nc3ccccc3)O[C@H]1CO2. The summed E-state index contributed by atoms with van der Waals surface area (Å²) in [6.45, 7) is 3.89. The number of carbonyl (C=O) groups is 3. The summed E-state index contributed by atoms with van der Waals surface area (Å²) in [7, 11) is 1.76. The molecule has 2 N–H and O–H groups in total. The number of fused-ring (bicyclic) bond motifs is 2. The van der Waals surface area contributed by atoms with Gasteiger partial charge in [-0.3, -0.25) is 14.4 Å². The molecule has 34 heavy (non-hydrogen) atoms. The van der Waals surface area contributed by atoms with Crippen molar-refractivity contribution in [3.05, 3.63) is 54.1 Å². The third-order valence-electron chi connectivity index (χ3n) is 6.27. The number of para-hydroxylation sites is 1. The van der Waals surface area contributed by atoms with Crippen LogP contribution in [0.25, 0.3) is 0 Å². The Morgan fingerprint density at radius 1 is 1.06 bits per heavy atom. The molecule has 0 aliphatic carbocycles. The smallest absolute Gasteiger partial charge is 0.257 e. The molecule has 2 heterocycles. The van der Waals surface area contributed by atoms with E-state index < -0.39 is 0 Å². The van der Waals surface area contributed by atoms with Gasteiger partial charge in [-0.25, -0.2) is 0 Å². The minimum Gasteiger partial charge on any atom is -0.490 e. The number of benzene rings is 2. The Kier molecular flexibility index (Phi) is 7.17. The van der Waals surface area contributed by atoms with E-state index in [9.17, 15) is 14.4 Å². The topological polar surface area (TPSA) is 97.0 Å². The molecule has 2 aromatic rings. The van der Waals surface area contributed by atoms with Gasteiger partial charge in [0.25, 0.3) is 5.91 Å². The van der Waals surface area contributed by atoms with Gasteiger partial charge in [-0.1, -0.05) is 32.0 Å². The van der Waals surface area contributed by atoms with Crippen LogP contribution in [0.2, 0.25) is 0 Å². The minimum absolute atomic E-state index is 0.104. The van der Waals surface area contributed by atoms with Crippen LogP contribution in [-0.2, 0) is 14.3 Å². The number of rotatable bonds is 5. The monoisotopic (exact) mass is 465 g/mol. The first-order valence-corrected chi connectivity index (χ1v) is 11.7. The average Bonchev–Trinajstić information content (AvgIpc) is 2.82. The lowest BCUT2D eigenvalue weighted by Gasteiger charge is -2.42. The van der Waals surface area contributed by atoms with E-state index in [1.165, 1.54) is 0 Å². The molecule has 0 spiro atoms. The molecular weight excluding hydrogens is 434 g/mol. The second-order valence-corrected chi connectivity index (χ2v) is 9.14. The largest absolute Gasteiger partial charge is 0.490 e. The molecule has 0 aromatic heterocycles. The summed E-state index contributed by atoms with van der Waals surface area (Å²) >= 11 is 0. The van der Waals surface area contributed by atoms with E-state index in [1.807, 2.05) is 44.2 Å². The zero-order valence-electron chi connectivity index (χ0n) is 19.7. The molecule has 8 nitrogen and oxygen atoms in total. The summed E-state index contributed by atoms with van der Waals surface area (Å²) in [4.78, 5) is 39.5. The fourth-order valence-electron chi connectivity index (χ4n) is 4.33. The number of anilines is 2. The molecule has 4 rings (SSSR count). The normalized spacial score (nSPS) is 22.1. The lowest BCUT2D eigenvalue weighted by atomic mass is 9.94. The predicted molar refractivity (Wildman–Crippen MR) is 129 cm³/mol. The lowest BCUT2D eigenvalue weighted by Crippen LogP contribution is -2.53. The highest BCUT2D eigenvalue weighted by atomic mass is 16.5. The van der Waals surface area contributed by atoms with Gasteiger partial charge in [0.05, 0.1) is 24.1 Å². The third-order valence-corrected chi connectivity index (χ3v) is 6.27. The molecule has 180 valence electrons. The highest BCUT2D eigenvalue weighted by molar-refractivity contribution is 6.00. The van der Waals surface area contributed by atoms with Crippen LogP contribution >= 0.6 is 0 Å². The molecule has 0 unspecified atom stereocenters. The van der Waals surface area contributed by atoms with Gasteiger partial charge >= 0.3 is 0 Å². The number of ether oxygens (including phenoxy) is 2. The first-order valence-electron chi connectivity index (χ1n) is 11.7. The number of carbonyl (C=O) groups excluding carboxylic acids is 3. The Balaban J connectivity index is 1.43. The molecule has 3 atom stereocenters. The molecule has 0 radical (unpaired) electrons. The minimum atomic E-state index is -0.342. The summed E-state index contributed by atoms with van der Waals surface area (Å²) < 4.78 is 12.2. The van der Waals surface area contributed by atoms with Crippen molar-refractivity contribution in [3.8, 4) is 5.75 Å². The maximum absolute atomic E-state index is 13.3. The van der Waals surface area contributed by atoms with Gasteiger partial charge in [-0.15, -0.1) is 0 Å². The van der Waals surface area contributed by atoms with Crippen molar-refractivity contribution in [2.24, 2.45) is 5.92 Å². The summed E-state index contributed by atoms with van der Waals surface area (Å²) in [5, 5.41) is 5.73. The average molecular weight is 466 g/mol. The molecule has 0 bridgehead atoms. The molecule has 2 aromatic carbocycles. The number of nitrogens with zero attached hydrogens (tertiary/aromatic N) is 1. The lowest BCUT2D eigenvalue weighted by molar-refractivity contribution is -0.130. The van der Waals surface area contributed by atoms with Gasteiger partial charge in [-0.2, -0.15) is 0 Å². The van der Waals surface area contributed by atoms with Crippen LogP contribution in [0.15, 0.2) is 48.5 Å². The Labute approximate surface area is 199 Å². The van der Waals surface area contributed by atoms with Crippen molar-refractivity contribution < 1.29 is 23.9 Å². The summed E-state index contributed by atoms with van der Waals surface area (Å²) in [6.07, 6.45) is 1.03. The van der Waals surface area contributed by atoms with Crippen LogP contribution in [0.4, 0.5) is 11.4 Å². The third kappa shape index (κ3) is 5.39. The van der Waals surface area contributed by atoms with Crippen molar-refractivity contribution in [1.82, 2.24) is 4.90 Å². The van der Waals surface area contributed by atoms with E-state index >= 15 is 0 Å². The van der Waals surface area contributed by atoms with Crippen molar-refractivity contribution in [3.63, 3.8) is 0 Å². The highest BCUT2D eigenvalue weighted by Gasteiger charge is 2.39. The number of hydrogen-bond acceptors (Lipinski definition) is 5. The Bertz CT molecular complexity index is 1060. The summed E-state index contributed by atoms with van der Waals surface area (Å²) in [6, 6.07) is 14.2. The van der Waals surface area contributed by atoms with Crippen LogP contribution in [0.3, 0.4) is 0 Å². The Morgan fingerprint density at radius 3 is 2.56 bits per heavy atom. The van der Waals surface area contributed by atoms with Gasteiger partial charge in [0, 0.05) is 24.3 Å². The van der Waals surface area contributed by atoms with Crippen molar-refractivity contribution in [1.29, 1.82) is 0 Å². The predicted octanol–water partition coefficient (Wildman–Crippen LogP) is 3.69. The summed E-state index contributed by atoms with van der Waals surface area (Å²) in [5.74, 6) is -0.123. The maximum atomic E-state index is 13.3. The molecule has 2 aliphatic rings. The Hall–Kier alpha value is -3.39. The van der Waals surface area contributed by atoms with Crippen LogP contribution in [0.1, 0.15) is 43.5 Å². The molecule has 2 aliphatic heterocycles. The van der Waals surface area contributed by atoms with Gasteiger partial charge < -0.3 is 25.0 Å². The standard InChI is InChI=1S/C26H31N3O5/c1-16(2)25(31)28-18-9-12-22-20(13-18)26(32)29(3)21-11-10-19(34-23(21)15-33-22)14-24(30)27-17-7-5-4-6-8-17/h4-9,12-13,16,19,21,23H,10-11,14-15H2,1-3H3,(H,27,30)(H,28,31)/t19-,21+,23+/m1/s1. The number of amides is 3. The number of nitrogens with one attached hydrogen (secondary N) is 2. The second-order valence-electron chi connectivity index (χ2n) is 9.14. The van der Waals surface area contributed by atoms with Crippen molar-refractivity contribution >= 4 is 29.1 Å². The van der Waals surface area contributed by atoms with E-state index in [0.717, 1.165) is 5.69 Å². The first kappa shape index (κ1) is 23.8. The van der Waals surface area contributed by atoms with E-state index in [1.54, 1.807) is 30.1 Å². The molecule has 1 fully saturated rings. The molecule has 0 saturated carbocycles. The second kappa shape index (κ2) is 10.3. The van der Waals surface area contributed by atoms with E-state index in [4.69, 9.17) is 9.47 Å². The van der Waals surface area contributed by atoms with Crippen LogP contribution in [0.5, 0.6) is 5.75 Å². The van der Waals surface area contributed by atoms with Crippen LogP contribution < -0.4 is 15.4 Å². The van der Waals surface area contributed by atoms with E-state index in [2.05, 4.69) is 10.6 Å².